The first-order valence-electron chi connectivity index (χ1n) is 14.0. The zero-order valence-corrected chi connectivity index (χ0v) is 24.5. The standard InChI is InChI=1S/C33H34FN7O2/c1-5-30(24-8-10-26(34)11-9-24)38-33(35-4)39-31-16-25(7-6-22(31)2)32(42)37-27-17-28(40-12-14-43-15-13-40)19-29(18-27)41-20-23(3)36-21-41/h5-11,16-21H,4,12-15H2,1-3H3,(H,37,42)(H,38,39)/b30-5-. The first-order chi connectivity index (χ1) is 20.8. The van der Waals surface area contributed by atoms with Gasteiger partial charge in [-0.05, 0) is 87.6 Å². The Labute approximate surface area is 250 Å². The lowest BCUT2D eigenvalue weighted by atomic mass is 10.1. The number of imidazole rings is 1. The number of nitrogens with zero attached hydrogens (tertiary/aromatic N) is 5. The quantitative estimate of drug-likeness (QED) is 0.199. The number of hydrogen-bond acceptors (Lipinski definition) is 5. The zero-order valence-electron chi connectivity index (χ0n) is 24.5. The van der Waals surface area contributed by atoms with Crippen molar-refractivity contribution in [3.8, 4) is 5.69 Å². The minimum absolute atomic E-state index is 0.247. The van der Waals surface area contributed by atoms with Gasteiger partial charge in [-0.1, -0.05) is 12.1 Å². The fraction of sp³-hybridized carbons (Fsp3) is 0.212. The largest absolute Gasteiger partial charge is 0.378 e. The number of rotatable bonds is 7. The van der Waals surface area contributed by atoms with Crippen LogP contribution in [0.2, 0.25) is 0 Å². The van der Waals surface area contributed by atoms with E-state index in [1.165, 1.54) is 12.1 Å². The SMILES string of the molecule is C=N/C(=N\C(=C/C)c1ccc(F)cc1)Nc1cc(C(=O)Nc2cc(N3CCOCC3)cc(-n3cnc(C)c3)c2)ccc1C. The number of aliphatic imine (C=N–C) groups is 2. The van der Waals surface area contributed by atoms with Gasteiger partial charge in [0.25, 0.3) is 5.91 Å². The number of aromatic nitrogens is 2. The van der Waals surface area contributed by atoms with Gasteiger partial charge in [0.15, 0.2) is 0 Å². The van der Waals surface area contributed by atoms with Gasteiger partial charge in [0, 0.05) is 47.5 Å². The number of morpholine rings is 1. The molecule has 1 amide bonds. The minimum atomic E-state index is -0.324. The van der Waals surface area contributed by atoms with E-state index in [0.29, 0.717) is 35.8 Å². The Balaban J connectivity index is 1.39. The predicted octanol–water partition coefficient (Wildman–Crippen LogP) is 6.25. The van der Waals surface area contributed by atoms with Gasteiger partial charge >= 0.3 is 0 Å². The molecule has 0 aliphatic carbocycles. The van der Waals surface area contributed by atoms with Crippen LogP contribution < -0.4 is 15.5 Å². The van der Waals surface area contributed by atoms with E-state index in [0.717, 1.165) is 41.3 Å². The number of carbonyl (C=O) groups excluding carboxylic acids is 1. The second-order valence-electron chi connectivity index (χ2n) is 10.1. The number of hydrogen-bond donors (Lipinski definition) is 2. The van der Waals surface area contributed by atoms with Crippen LogP contribution in [0.4, 0.5) is 21.5 Å². The Morgan fingerprint density at radius 3 is 2.40 bits per heavy atom. The molecule has 43 heavy (non-hydrogen) atoms. The summed E-state index contributed by atoms with van der Waals surface area (Å²) in [5.74, 6) is -0.341. The highest BCUT2D eigenvalue weighted by Gasteiger charge is 2.16. The molecule has 9 nitrogen and oxygen atoms in total. The molecule has 3 aromatic carbocycles. The summed E-state index contributed by atoms with van der Waals surface area (Å²) >= 11 is 0. The third-order valence-electron chi connectivity index (χ3n) is 7.08. The summed E-state index contributed by atoms with van der Waals surface area (Å²) in [6, 6.07) is 17.4. The second kappa shape index (κ2) is 13.3. The van der Waals surface area contributed by atoms with Crippen LogP contribution in [0.1, 0.15) is 34.1 Å². The van der Waals surface area contributed by atoms with Crippen molar-refractivity contribution in [2.75, 3.05) is 41.8 Å². The van der Waals surface area contributed by atoms with Crippen LogP contribution in [0.15, 0.2) is 89.2 Å². The Morgan fingerprint density at radius 1 is 1.00 bits per heavy atom. The number of guanidine groups is 1. The van der Waals surface area contributed by atoms with Crippen molar-refractivity contribution in [1.29, 1.82) is 0 Å². The predicted molar refractivity (Wildman–Crippen MR) is 171 cm³/mol. The number of nitrogens with one attached hydrogen (secondary N) is 2. The molecule has 220 valence electrons. The highest BCUT2D eigenvalue weighted by Crippen LogP contribution is 2.27. The van der Waals surface area contributed by atoms with Crippen LogP contribution in [0.5, 0.6) is 0 Å². The number of anilines is 3. The summed E-state index contributed by atoms with van der Waals surface area (Å²) < 4.78 is 20.9. The molecule has 1 aliphatic heterocycles. The molecule has 2 N–H and O–H groups in total. The number of allylic oxidation sites excluding steroid dienone is 1. The van der Waals surface area contributed by atoms with Crippen molar-refractivity contribution in [3.05, 3.63) is 107 Å². The third-order valence-corrected chi connectivity index (χ3v) is 7.08. The third kappa shape index (κ3) is 7.22. The lowest BCUT2D eigenvalue weighted by Gasteiger charge is -2.29. The number of ether oxygens (including phenoxy) is 1. The number of benzene rings is 3. The monoisotopic (exact) mass is 579 g/mol. The van der Waals surface area contributed by atoms with Gasteiger partial charge in [0.2, 0.25) is 5.96 Å². The highest BCUT2D eigenvalue weighted by atomic mass is 19.1. The van der Waals surface area contributed by atoms with Gasteiger partial charge in [-0.2, -0.15) is 0 Å². The summed E-state index contributed by atoms with van der Waals surface area (Å²) in [4.78, 5) is 28.7. The Kier molecular flexibility index (Phi) is 9.07. The fourth-order valence-corrected chi connectivity index (χ4v) is 4.74. The number of amides is 1. The smallest absolute Gasteiger partial charge is 0.255 e. The highest BCUT2D eigenvalue weighted by molar-refractivity contribution is 6.06. The van der Waals surface area contributed by atoms with Crippen LogP contribution in [-0.4, -0.2) is 54.4 Å². The van der Waals surface area contributed by atoms with Crippen molar-refractivity contribution in [2.45, 2.75) is 20.8 Å². The van der Waals surface area contributed by atoms with Crippen molar-refractivity contribution < 1.29 is 13.9 Å². The van der Waals surface area contributed by atoms with Crippen LogP contribution >= 0.6 is 0 Å². The minimum Gasteiger partial charge on any atom is -0.378 e. The summed E-state index contributed by atoms with van der Waals surface area (Å²) in [6.07, 6.45) is 5.52. The van der Waals surface area contributed by atoms with Gasteiger partial charge in [-0.25, -0.2) is 19.4 Å². The maximum atomic E-state index is 13.5. The van der Waals surface area contributed by atoms with Gasteiger partial charge in [0.1, 0.15) is 5.82 Å². The van der Waals surface area contributed by atoms with E-state index in [1.807, 2.05) is 49.7 Å². The van der Waals surface area contributed by atoms with E-state index < -0.39 is 0 Å². The van der Waals surface area contributed by atoms with E-state index in [1.54, 1.807) is 36.7 Å². The number of aryl methyl sites for hydroxylation is 2. The summed E-state index contributed by atoms with van der Waals surface area (Å²) in [7, 11) is 0. The van der Waals surface area contributed by atoms with E-state index >= 15 is 0 Å². The lowest BCUT2D eigenvalue weighted by molar-refractivity contribution is 0.102. The van der Waals surface area contributed by atoms with Gasteiger partial charge in [-0.3, -0.25) is 4.79 Å². The molecule has 1 aliphatic rings. The molecule has 0 unspecified atom stereocenters. The van der Waals surface area contributed by atoms with E-state index in [2.05, 4.69) is 43.3 Å². The van der Waals surface area contributed by atoms with Crippen LogP contribution in [0.25, 0.3) is 11.4 Å². The molecule has 2 heterocycles. The topological polar surface area (TPSA) is 96.1 Å². The van der Waals surface area contributed by atoms with E-state index in [9.17, 15) is 9.18 Å². The summed E-state index contributed by atoms with van der Waals surface area (Å²) in [5, 5.41) is 6.26. The van der Waals surface area contributed by atoms with Crippen LogP contribution in [0.3, 0.4) is 0 Å². The van der Waals surface area contributed by atoms with Crippen LogP contribution in [-0.2, 0) is 4.74 Å². The average Bonchev–Trinajstić information content (AvgIpc) is 3.47. The molecule has 10 heteroatoms. The molecule has 4 aromatic rings. The molecule has 5 rings (SSSR count). The zero-order chi connectivity index (χ0) is 30.3. The van der Waals surface area contributed by atoms with Gasteiger partial charge in [-0.15, -0.1) is 0 Å². The molecule has 0 radical (unpaired) electrons. The van der Waals surface area contributed by atoms with E-state index in [4.69, 9.17) is 4.74 Å². The average molecular weight is 580 g/mol. The molecule has 0 atom stereocenters. The Hall–Kier alpha value is -5.09. The van der Waals surface area contributed by atoms with E-state index in [-0.39, 0.29) is 17.7 Å². The number of carbonyl (C=O) groups is 1. The fourth-order valence-electron chi connectivity index (χ4n) is 4.74. The first kappa shape index (κ1) is 29.4. The van der Waals surface area contributed by atoms with Gasteiger partial charge in [0.05, 0.1) is 36.6 Å². The van der Waals surface area contributed by atoms with Crippen molar-refractivity contribution >= 4 is 41.3 Å². The molecule has 1 fully saturated rings. The van der Waals surface area contributed by atoms with Crippen molar-refractivity contribution in [2.24, 2.45) is 9.98 Å². The normalized spacial score (nSPS) is 14.0. The maximum absolute atomic E-state index is 13.5. The molecule has 0 spiro atoms. The first-order valence-corrected chi connectivity index (χ1v) is 14.0. The second-order valence-corrected chi connectivity index (χ2v) is 10.1. The molecule has 0 saturated carbocycles. The molecular weight excluding hydrogens is 545 g/mol. The lowest BCUT2D eigenvalue weighted by Crippen LogP contribution is -2.36. The summed E-state index contributed by atoms with van der Waals surface area (Å²) in [5.41, 5.74) is 6.80. The van der Waals surface area contributed by atoms with Crippen molar-refractivity contribution in [1.82, 2.24) is 9.55 Å². The molecule has 1 aromatic heterocycles. The maximum Gasteiger partial charge on any atom is 0.255 e. The summed E-state index contributed by atoms with van der Waals surface area (Å²) in [6.45, 7) is 12.2. The number of halogens is 1. The molecular formula is C33H34FN7O2. The van der Waals surface area contributed by atoms with Gasteiger partial charge < -0.3 is 24.8 Å². The molecule has 1 saturated heterocycles. The van der Waals surface area contributed by atoms with Crippen molar-refractivity contribution in [3.63, 3.8) is 0 Å². The molecule has 0 bridgehead atoms. The Bertz CT molecular complexity index is 1690. The Morgan fingerprint density at radius 2 is 1.72 bits per heavy atom. The van der Waals surface area contributed by atoms with Crippen LogP contribution in [0, 0.1) is 19.7 Å².